The quantitative estimate of drug-likeness (QED) is 0.921. The average Bonchev–Trinajstić information content (AvgIpc) is 2.42. The molecule has 0 aliphatic heterocycles. The average molecular weight is 268 g/mol. The van der Waals surface area contributed by atoms with Gasteiger partial charge in [0.15, 0.2) is 0 Å². The summed E-state index contributed by atoms with van der Waals surface area (Å²) in [6, 6.07) is 9.93. The van der Waals surface area contributed by atoms with Crippen LogP contribution >= 0.6 is 0 Å². The van der Waals surface area contributed by atoms with E-state index in [1.807, 2.05) is 32.0 Å². The summed E-state index contributed by atoms with van der Waals surface area (Å²) < 4.78 is 0. The van der Waals surface area contributed by atoms with Gasteiger partial charge in [-0.2, -0.15) is 0 Å². The largest absolute Gasteiger partial charge is 0.326 e. The second-order valence-corrected chi connectivity index (χ2v) is 5.14. The molecule has 3 heteroatoms. The van der Waals surface area contributed by atoms with E-state index in [1.165, 1.54) is 5.56 Å². The minimum absolute atomic E-state index is 0.0331. The number of nitrogens with zero attached hydrogens (tertiary/aromatic N) is 1. The normalized spacial score (nSPS) is 10.3. The number of rotatable bonds is 4. The molecule has 0 atom stereocenters. The van der Waals surface area contributed by atoms with Crippen LogP contribution in [0.15, 0.2) is 36.5 Å². The molecule has 0 spiro atoms. The van der Waals surface area contributed by atoms with E-state index < -0.39 is 0 Å². The zero-order valence-corrected chi connectivity index (χ0v) is 12.2. The van der Waals surface area contributed by atoms with E-state index in [4.69, 9.17) is 0 Å². The maximum absolute atomic E-state index is 12.0. The standard InChI is InChI=1S/C17H20N2O/c1-12-10-13(2)17(14(3)11-12)19-16(20)8-7-15-6-4-5-9-18-15/h4-6,9-11H,7-8H2,1-3H3,(H,19,20). The molecule has 0 saturated heterocycles. The molecule has 104 valence electrons. The van der Waals surface area contributed by atoms with Crippen molar-refractivity contribution in [2.75, 3.05) is 5.32 Å². The Bertz CT molecular complexity index is 583. The van der Waals surface area contributed by atoms with E-state index in [-0.39, 0.29) is 5.91 Å². The molecule has 2 aromatic rings. The molecule has 1 amide bonds. The number of anilines is 1. The maximum atomic E-state index is 12.0. The molecule has 0 aliphatic rings. The number of carbonyl (C=O) groups excluding carboxylic acids is 1. The zero-order valence-electron chi connectivity index (χ0n) is 12.2. The highest BCUT2D eigenvalue weighted by Gasteiger charge is 2.08. The Morgan fingerprint density at radius 2 is 1.85 bits per heavy atom. The smallest absolute Gasteiger partial charge is 0.224 e. The first-order valence-corrected chi connectivity index (χ1v) is 6.84. The van der Waals surface area contributed by atoms with Crippen molar-refractivity contribution in [1.82, 2.24) is 4.98 Å². The van der Waals surface area contributed by atoms with Gasteiger partial charge in [-0.1, -0.05) is 23.8 Å². The predicted molar refractivity (Wildman–Crippen MR) is 81.8 cm³/mol. The molecule has 0 aliphatic carbocycles. The van der Waals surface area contributed by atoms with Crippen molar-refractivity contribution in [3.63, 3.8) is 0 Å². The molecule has 0 bridgehead atoms. The minimum Gasteiger partial charge on any atom is -0.326 e. The van der Waals surface area contributed by atoms with Crippen molar-refractivity contribution >= 4 is 11.6 Å². The van der Waals surface area contributed by atoms with E-state index in [0.717, 1.165) is 22.5 Å². The van der Waals surface area contributed by atoms with Gasteiger partial charge in [-0.05, 0) is 50.5 Å². The molecule has 1 aromatic heterocycles. The van der Waals surface area contributed by atoms with Gasteiger partial charge in [-0.25, -0.2) is 0 Å². The van der Waals surface area contributed by atoms with Crippen LogP contribution in [0.4, 0.5) is 5.69 Å². The zero-order chi connectivity index (χ0) is 14.5. The highest BCUT2D eigenvalue weighted by Crippen LogP contribution is 2.22. The monoisotopic (exact) mass is 268 g/mol. The Kier molecular flexibility index (Phi) is 4.51. The van der Waals surface area contributed by atoms with E-state index in [1.54, 1.807) is 6.20 Å². The first kappa shape index (κ1) is 14.3. The Labute approximate surface area is 120 Å². The third kappa shape index (κ3) is 3.67. The summed E-state index contributed by atoms with van der Waals surface area (Å²) in [4.78, 5) is 16.3. The van der Waals surface area contributed by atoms with Crippen LogP contribution < -0.4 is 5.32 Å². The predicted octanol–water partition coefficient (Wildman–Crippen LogP) is 3.58. The molecule has 0 unspecified atom stereocenters. The van der Waals surface area contributed by atoms with Crippen LogP contribution in [0.25, 0.3) is 0 Å². The molecule has 0 fully saturated rings. The third-order valence-electron chi connectivity index (χ3n) is 3.28. The maximum Gasteiger partial charge on any atom is 0.224 e. The summed E-state index contributed by atoms with van der Waals surface area (Å²) in [6.45, 7) is 6.11. The Morgan fingerprint density at radius 1 is 1.15 bits per heavy atom. The van der Waals surface area contributed by atoms with Crippen LogP contribution in [0.5, 0.6) is 0 Å². The van der Waals surface area contributed by atoms with Gasteiger partial charge in [0.2, 0.25) is 5.91 Å². The van der Waals surface area contributed by atoms with Gasteiger partial charge in [-0.15, -0.1) is 0 Å². The van der Waals surface area contributed by atoms with Crippen molar-refractivity contribution in [3.05, 3.63) is 58.9 Å². The topological polar surface area (TPSA) is 42.0 Å². The van der Waals surface area contributed by atoms with Gasteiger partial charge in [0.05, 0.1) is 0 Å². The Hall–Kier alpha value is -2.16. The first-order chi connectivity index (χ1) is 9.56. The van der Waals surface area contributed by atoms with Crippen molar-refractivity contribution < 1.29 is 4.79 Å². The number of nitrogens with one attached hydrogen (secondary N) is 1. The molecule has 0 saturated carbocycles. The summed E-state index contributed by atoms with van der Waals surface area (Å²) in [7, 11) is 0. The fraction of sp³-hybridized carbons (Fsp3) is 0.294. The van der Waals surface area contributed by atoms with Crippen LogP contribution in [0.2, 0.25) is 0 Å². The van der Waals surface area contributed by atoms with Gasteiger partial charge in [-0.3, -0.25) is 9.78 Å². The highest BCUT2D eigenvalue weighted by atomic mass is 16.1. The number of aromatic nitrogens is 1. The Morgan fingerprint density at radius 3 is 2.45 bits per heavy atom. The molecule has 1 heterocycles. The lowest BCUT2D eigenvalue weighted by molar-refractivity contribution is -0.116. The number of pyridine rings is 1. The molecule has 3 nitrogen and oxygen atoms in total. The molecule has 1 N–H and O–H groups in total. The van der Waals surface area contributed by atoms with Crippen LogP contribution in [0.1, 0.15) is 28.8 Å². The molecule has 0 radical (unpaired) electrons. The lowest BCUT2D eigenvalue weighted by atomic mass is 10.0. The van der Waals surface area contributed by atoms with Gasteiger partial charge in [0.1, 0.15) is 0 Å². The lowest BCUT2D eigenvalue weighted by Gasteiger charge is -2.12. The van der Waals surface area contributed by atoms with Crippen LogP contribution in [0.3, 0.4) is 0 Å². The van der Waals surface area contributed by atoms with Crippen molar-refractivity contribution in [2.45, 2.75) is 33.6 Å². The molecular formula is C17H20N2O. The van der Waals surface area contributed by atoms with Crippen LogP contribution in [-0.4, -0.2) is 10.9 Å². The van der Waals surface area contributed by atoms with Gasteiger partial charge in [0, 0.05) is 24.0 Å². The molecule has 2 rings (SSSR count). The number of amides is 1. The van der Waals surface area contributed by atoms with Gasteiger partial charge < -0.3 is 5.32 Å². The Balaban J connectivity index is 1.98. The highest BCUT2D eigenvalue weighted by molar-refractivity contribution is 5.92. The number of hydrogen-bond acceptors (Lipinski definition) is 2. The molecular weight excluding hydrogens is 248 g/mol. The number of aryl methyl sites for hydroxylation is 4. The molecule has 1 aromatic carbocycles. The van der Waals surface area contributed by atoms with Crippen molar-refractivity contribution in [1.29, 1.82) is 0 Å². The van der Waals surface area contributed by atoms with Gasteiger partial charge >= 0.3 is 0 Å². The summed E-state index contributed by atoms with van der Waals surface area (Å²) in [5.41, 5.74) is 5.30. The summed E-state index contributed by atoms with van der Waals surface area (Å²) >= 11 is 0. The van der Waals surface area contributed by atoms with Gasteiger partial charge in [0.25, 0.3) is 0 Å². The van der Waals surface area contributed by atoms with E-state index in [9.17, 15) is 4.79 Å². The number of carbonyl (C=O) groups is 1. The fourth-order valence-corrected chi connectivity index (χ4v) is 2.37. The second-order valence-electron chi connectivity index (χ2n) is 5.14. The fourth-order valence-electron chi connectivity index (χ4n) is 2.37. The SMILES string of the molecule is Cc1cc(C)c(NC(=O)CCc2ccccn2)c(C)c1. The van der Waals surface area contributed by atoms with E-state index in [2.05, 4.69) is 29.4 Å². The summed E-state index contributed by atoms with van der Waals surface area (Å²) in [6.07, 6.45) is 2.86. The van der Waals surface area contributed by atoms with E-state index >= 15 is 0 Å². The number of hydrogen-bond donors (Lipinski definition) is 1. The summed E-state index contributed by atoms with van der Waals surface area (Å²) in [5.74, 6) is 0.0331. The second kappa shape index (κ2) is 6.33. The van der Waals surface area contributed by atoms with E-state index in [0.29, 0.717) is 12.8 Å². The minimum atomic E-state index is 0.0331. The van der Waals surface area contributed by atoms with Crippen molar-refractivity contribution in [3.8, 4) is 0 Å². The third-order valence-corrected chi connectivity index (χ3v) is 3.28. The molecule has 20 heavy (non-hydrogen) atoms. The summed E-state index contributed by atoms with van der Waals surface area (Å²) in [5, 5.41) is 3.01. The lowest BCUT2D eigenvalue weighted by Crippen LogP contribution is -2.14. The van der Waals surface area contributed by atoms with Crippen LogP contribution in [-0.2, 0) is 11.2 Å². The number of benzene rings is 1. The first-order valence-electron chi connectivity index (χ1n) is 6.84. The van der Waals surface area contributed by atoms with Crippen molar-refractivity contribution in [2.24, 2.45) is 0 Å². The van der Waals surface area contributed by atoms with Crippen LogP contribution in [0, 0.1) is 20.8 Å².